The second-order valence-electron chi connectivity index (χ2n) is 3.65. The first-order valence-corrected chi connectivity index (χ1v) is 7.35. The maximum Gasteiger partial charge on any atom is 0.126 e. The fourth-order valence-electron chi connectivity index (χ4n) is 1.67. The average Bonchev–Trinajstić information content (AvgIpc) is 2.89. The molecule has 1 atom stereocenters. The van der Waals surface area contributed by atoms with Crippen molar-refractivity contribution in [2.75, 3.05) is 7.05 Å². The van der Waals surface area contributed by atoms with E-state index in [0.717, 1.165) is 31.6 Å². The second kappa shape index (κ2) is 5.57. The molecule has 0 saturated heterocycles. The zero-order valence-electron chi connectivity index (χ0n) is 9.59. The fraction of sp³-hybridized carbons (Fsp3) is 0.333. The Morgan fingerprint density at radius 3 is 2.76 bits per heavy atom. The highest BCUT2D eigenvalue weighted by molar-refractivity contribution is 9.11. The van der Waals surface area contributed by atoms with Crippen LogP contribution in [0.4, 0.5) is 0 Å². The summed E-state index contributed by atoms with van der Waals surface area (Å²) in [4.78, 5) is 1.14. The molecule has 17 heavy (non-hydrogen) atoms. The summed E-state index contributed by atoms with van der Waals surface area (Å²) in [6, 6.07) is 6.06. The van der Waals surface area contributed by atoms with E-state index in [1.54, 1.807) is 11.3 Å². The van der Waals surface area contributed by atoms with E-state index < -0.39 is 0 Å². The van der Waals surface area contributed by atoms with Crippen LogP contribution in [0.15, 0.2) is 26.4 Å². The van der Waals surface area contributed by atoms with Gasteiger partial charge in [-0.1, -0.05) is 18.5 Å². The van der Waals surface area contributed by atoms with Crippen molar-refractivity contribution in [2.24, 2.45) is 0 Å². The predicted molar refractivity (Wildman–Crippen MR) is 76.0 cm³/mol. The number of furan rings is 1. The summed E-state index contributed by atoms with van der Waals surface area (Å²) in [6.45, 7) is 2.08. The third-order valence-electron chi connectivity index (χ3n) is 2.55. The van der Waals surface area contributed by atoms with E-state index in [1.165, 1.54) is 0 Å². The molecule has 2 nitrogen and oxygen atoms in total. The van der Waals surface area contributed by atoms with Crippen molar-refractivity contribution in [3.05, 3.63) is 43.4 Å². The molecule has 0 amide bonds. The molecule has 0 aliphatic carbocycles. The number of rotatable bonds is 4. The van der Waals surface area contributed by atoms with Crippen LogP contribution in [0.3, 0.4) is 0 Å². The summed E-state index contributed by atoms with van der Waals surface area (Å²) in [5.74, 6) is 1.93. The molecular formula is C12H13BrClNOS. The van der Waals surface area contributed by atoms with Gasteiger partial charge in [-0.3, -0.25) is 0 Å². The van der Waals surface area contributed by atoms with Gasteiger partial charge in [0.25, 0.3) is 0 Å². The summed E-state index contributed by atoms with van der Waals surface area (Å²) < 4.78 is 6.73. The SMILES string of the molecule is CCc1ccc(C(NC)c2cc(Cl)c(Br)s2)o1. The summed E-state index contributed by atoms with van der Waals surface area (Å²) in [7, 11) is 1.92. The summed E-state index contributed by atoms with van der Waals surface area (Å²) in [5.41, 5.74) is 0. The average molecular weight is 335 g/mol. The Morgan fingerprint density at radius 2 is 2.29 bits per heavy atom. The zero-order valence-corrected chi connectivity index (χ0v) is 12.7. The highest BCUT2D eigenvalue weighted by Gasteiger charge is 2.19. The molecule has 0 radical (unpaired) electrons. The van der Waals surface area contributed by atoms with E-state index in [1.807, 2.05) is 25.2 Å². The van der Waals surface area contributed by atoms with Crippen molar-refractivity contribution in [2.45, 2.75) is 19.4 Å². The van der Waals surface area contributed by atoms with Crippen molar-refractivity contribution >= 4 is 38.9 Å². The number of thiophene rings is 1. The summed E-state index contributed by atoms with van der Waals surface area (Å²) >= 11 is 11.1. The van der Waals surface area contributed by atoms with Gasteiger partial charge in [0.05, 0.1) is 8.81 Å². The van der Waals surface area contributed by atoms with E-state index in [4.69, 9.17) is 16.0 Å². The quantitative estimate of drug-likeness (QED) is 0.882. The molecule has 0 spiro atoms. The van der Waals surface area contributed by atoms with Gasteiger partial charge in [-0.05, 0) is 41.2 Å². The Balaban J connectivity index is 2.32. The number of nitrogens with one attached hydrogen (secondary N) is 1. The molecule has 0 saturated carbocycles. The Labute approximate surface area is 118 Å². The van der Waals surface area contributed by atoms with Gasteiger partial charge in [0.2, 0.25) is 0 Å². The number of hydrogen-bond donors (Lipinski definition) is 1. The number of aryl methyl sites for hydroxylation is 1. The largest absolute Gasteiger partial charge is 0.464 e. The van der Waals surface area contributed by atoms with Crippen LogP contribution in [0.25, 0.3) is 0 Å². The van der Waals surface area contributed by atoms with E-state index in [2.05, 4.69) is 28.2 Å². The van der Waals surface area contributed by atoms with E-state index in [-0.39, 0.29) is 6.04 Å². The minimum absolute atomic E-state index is 0.0594. The van der Waals surface area contributed by atoms with Crippen LogP contribution in [-0.4, -0.2) is 7.05 Å². The van der Waals surface area contributed by atoms with Crippen LogP contribution in [0.1, 0.15) is 29.4 Å². The molecule has 0 aromatic carbocycles. The molecule has 0 aliphatic heterocycles. The molecular weight excluding hydrogens is 322 g/mol. The van der Waals surface area contributed by atoms with Crippen molar-refractivity contribution in [1.29, 1.82) is 0 Å². The van der Waals surface area contributed by atoms with Crippen molar-refractivity contribution in [3.63, 3.8) is 0 Å². The van der Waals surface area contributed by atoms with E-state index in [9.17, 15) is 0 Å². The lowest BCUT2D eigenvalue weighted by Crippen LogP contribution is -2.15. The summed E-state index contributed by atoms with van der Waals surface area (Å²) in [6.07, 6.45) is 0.908. The Bertz CT molecular complexity index is 489. The van der Waals surface area contributed by atoms with Crippen molar-refractivity contribution < 1.29 is 4.42 Å². The van der Waals surface area contributed by atoms with Gasteiger partial charge in [-0.15, -0.1) is 11.3 Å². The maximum absolute atomic E-state index is 6.06. The molecule has 0 bridgehead atoms. The molecule has 2 rings (SSSR count). The van der Waals surface area contributed by atoms with Crippen LogP contribution in [0, 0.1) is 0 Å². The van der Waals surface area contributed by atoms with E-state index >= 15 is 0 Å². The molecule has 1 N–H and O–H groups in total. The van der Waals surface area contributed by atoms with Crippen LogP contribution in [0.5, 0.6) is 0 Å². The molecule has 2 aromatic heterocycles. The predicted octanol–water partition coefficient (Wildman–Crippen LogP) is 4.63. The smallest absolute Gasteiger partial charge is 0.126 e. The number of halogens is 2. The third-order valence-corrected chi connectivity index (χ3v) is 5.09. The maximum atomic E-state index is 6.06. The second-order valence-corrected chi connectivity index (χ2v) is 6.46. The van der Waals surface area contributed by atoms with Gasteiger partial charge in [-0.2, -0.15) is 0 Å². The molecule has 2 heterocycles. The van der Waals surface area contributed by atoms with Gasteiger partial charge in [0.15, 0.2) is 0 Å². The monoisotopic (exact) mass is 333 g/mol. The third kappa shape index (κ3) is 2.76. The highest BCUT2D eigenvalue weighted by Crippen LogP contribution is 2.37. The molecule has 92 valence electrons. The van der Waals surface area contributed by atoms with Gasteiger partial charge in [0.1, 0.15) is 17.6 Å². The first-order chi connectivity index (χ1) is 8.15. The van der Waals surface area contributed by atoms with Gasteiger partial charge >= 0.3 is 0 Å². The molecule has 1 unspecified atom stereocenters. The van der Waals surface area contributed by atoms with Gasteiger partial charge in [0, 0.05) is 11.3 Å². The van der Waals surface area contributed by atoms with Crippen LogP contribution < -0.4 is 5.32 Å². The first kappa shape index (κ1) is 13.1. The van der Waals surface area contributed by atoms with Crippen LogP contribution in [-0.2, 0) is 6.42 Å². The first-order valence-electron chi connectivity index (χ1n) is 5.36. The van der Waals surface area contributed by atoms with Crippen LogP contribution in [0.2, 0.25) is 5.02 Å². The molecule has 5 heteroatoms. The standard InChI is InChI=1S/C12H13BrClNOS/c1-3-7-4-5-9(16-7)11(15-2)10-6-8(14)12(13)17-10/h4-6,11,15H,3H2,1-2H3. The summed E-state index contributed by atoms with van der Waals surface area (Å²) in [5, 5.41) is 3.99. The van der Waals surface area contributed by atoms with Crippen LogP contribution >= 0.6 is 38.9 Å². The minimum Gasteiger partial charge on any atom is -0.464 e. The normalized spacial score (nSPS) is 12.9. The Morgan fingerprint density at radius 1 is 1.53 bits per heavy atom. The van der Waals surface area contributed by atoms with Gasteiger partial charge in [-0.25, -0.2) is 0 Å². The zero-order chi connectivity index (χ0) is 12.4. The Hall–Kier alpha value is -0.290. The fourth-order valence-corrected chi connectivity index (χ4v) is 3.54. The molecule has 0 aliphatic rings. The Kier molecular flexibility index (Phi) is 4.31. The number of hydrogen-bond acceptors (Lipinski definition) is 3. The lowest BCUT2D eigenvalue weighted by atomic mass is 10.2. The lowest BCUT2D eigenvalue weighted by Gasteiger charge is -2.11. The minimum atomic E-state index is 0.0594. The lowest BCUT2D eigenvalue weighted by molar-refractivity contribution is 0.436. The molecule has 0 fully saturated rings. The highest BCUT2D eigenvalue weighted by atomic mass is 79.9. The van der Waals surface area contributed by atoms with E-state index in [0.29, 0.717) is 0 Å². The van der Waals surface area contributed by atoms with Gasteiger partial charge < -0.3 is 9.73 Å². The molecule has 2 aromatic rings. The van der Waals surface area contributed by atoms with Crippen molar-refractivity contribution in [3.8, 4) is 0 Å². The van der Waals surface area contributed by atoms with Crippen molar-refractivity contribution in [1.82, 2.24) is 5.32 Å². The topological polar surface area (TPSA) is 25.2 Å².